The number of urea groups is 1. The molecule has 0 saturated carbocycles. The largest absolute Gasteiger partial charge is 0.368 e. The van der Waals surface area contributed by atoms with Gasteiger partial charge in [0.05, 0.1) is 0 Å². The molecule has 7 heteroatoms. The second kappa shape index (κ2) is 7.90. The SMILES string of the molecule is O=C(NCc1ccnc(-n2cccn2)c1)N1CCN(c2ccccc2)CC1. The zero-order valence-corrected chi connectivity index (χ0v) is 15.0. The molecule has 0 unspecified atom stereocenters. The number of benzene rings is 1. The Bertz CT molecular complexity index is 873. The van der Waals surface area contributed by atoms with Crippen LogP contribution >= 0.6 is 0 Å². The lowest BCUT2D eigenvalue weighted by Crippen LogP contribution is -2.51. The quantitative estimate of drug-likeness (QED) is 0.773. The zero-order valence-electron chi connectivity index (χ0n) is 15.0. The predicted molar refractivity (Wildman–Crippen MR) is 104 cm³/mol. The van der Waals surface area contributed by atoms with E-state index in [1.807, 2.05) is 47.5 Å². The van der Waals surface area contributed by atoms with Crippen LogP contribution in [0, 0.1) is 0 Å². The Hall–Kier alpha value is -3.35. The van der Waals surface area contributed by atoms with Crippen LogP contribution in [0.2, 0.25) is 0 Å². The van der Waals surface area contributed by atoms with Gasteiger partial charge in [-0.2, -0.15) is 5.10 Å². The van der Waals surface area contributed by atoms with E-state index in [1.165, 1.54) is 5.69 Å². The summed E-state index contributed by atoms with van der Waals surface area (Å²) < 4.78 is 1.70. The molecule has 0 spiro atoms. The average molecular weight is 362 g/mol. The number of anilines is 1. The van der Waals surface area contributed by atoms with Crippen molar-refractivity contribution >= 4 is 11.7 Å². The minimum absolute atomic E-state index is 0.0276. The first kappa shape index (κ1) is 17.1. The lowest BCUT2D eigenvalue weighted by atomic mass is 10.2. The number of hydrogen-bond acceptors (Lipinski definition) is 4. The molecule has 3 heterocycles. The Morgan fingerprint density at radius 1 is 1.00 bits per heavy atom. The maximum absolute atomic E-state index is 12.5. The van der Waals surface area contributed by atoms with E-state index in [0.717, 1.165) is 37.6 Å². The molecule has 1 aliphatic rings. The van der Waals surface area contributed by atoms with Gasteiger partial charge in [0.2, 0.25) is 0 Å². The number of pyridine rings is 1. The highest BCUT2D eigenvalue weighted by Crippen LogP contribution is 2.15. The number of para-hydroxylation sites is 1. The predicted octanol–water partition coefficient (Wildman–Crippen LogP) is 2.30. The summed E-state index contributed by atoms with van der Waals surface area (Å²) in [6.07, 6.45) is 5.29. The monoisotopic (exact) mass is 362 g/mol. The topological polar surface area (TPSA) is 66.3 Å². The van der Waals surface area contributed by atoms with Crippen molar-refractivity contribution in [2.24, 2.45) is 0 Å². The Morgan fingerprint density at radius 2 is 1.81 bits per heavy atom. The van der Waals surface area contributed by atoms with E-state index in [9.17, 15) is 4.79 Å². The third-order valence-electron chi connectivity index (χ3n) is 4.68. The number of piperazine rings is 1. The molecule has 1 aliphatic heterocycles. The van der Waals surface area contributed by atoms with Gasteiger partial charge < -0.3 is 15.1 Å². The van der Waals surface area contributed by atoms with Gasteiger partial charge in [-0.05, 0) is 35.9 Å². The third kappa shape index (κ3) is 4.08. The molecule has 138 valence electrons. The summed E-state index contributed by atoms with van der Waals surface area (Å²) in [7, 11) is 0. The first-order valence-corrected chi connectivity index (χ1v) is 9.07. The minimum Gasteiger partial charge on any atom is -0.368 e. The Balaban J connectivity index is 1.30. The van der Waals surface area contributed by atoms with Crippen LogP contribution in [0.3, 0.4) is 0 Å². The molecule has 1 fully saturated rings. The van der Waals surface area contributed by atoms with Crippen molar-refractivity contribution in [3.05, 3.63) is 72.7 Å². The van der Waals surface area contributed by atoms with Crippen molar-refractivity contribution in [1.29, 1.82) is 0 Å². The molecule has 1 aromatic carbocycles. The highest BCUT2D eigenvalue weighted by atomic mass is 16.2. The Kier molecular flexibility index (Phi) is 5.00. The van der Waals surface area contributed by atoms with Gasteiger partial charge >= 0.3 is 6.03 Å². The van der Waals surface area contributed by atoms with Crippen LogP contribution in [0.4, 0.5) is 10.5 Å². The van der Waals surface area contributed by atoms with E-state index in [2.05, 4.69) is 32.4 Å². The summed E-state index contributed by atoms with van der Waals surface area (Å²) in [6, 6.07) is 16.0. The second-order valence-corrected chi connectivity index (χ2v) is 6.44. The molecule has 1 saturated heterocycles. The molecule has 0 radical (unpaired) electrons. The Labute approximate surface area is 158 Å². The Morgan fingerprint density at radius 3 is 2.56 bits per heavy atom. The molecule has 7 nitrogen and oxygen atoms in total. The number of rotatable bonds is 4. The molecule has 1 N–H and O–H groups in total. The van der Waals surface area contributed by atoms with Gasteiger partial charge in [0.1, 0.15) is 0 Å². The summed E-state index contributed by atoms with van der Waals surface area (Å²) >= 11 is 0. The highest BCUT2D eigenvalue weighted by molar-refractivity contribution is 5.74. The maximum atomic E-state index is 12.5. The summed E-state index contributed by atoms with van der Waals surface area (Å²) in [5.74, 6) is 0.739. The van der Waals surface area contributed by atoms with Gasteiger partial charge in [-0.25, -0.2) is 14.5 Å². The fraction of sp³-hybridized carbons (Fsp3) is 0.250. The molecule has 0 atom stereocenters. The van der Waals surface area contributed by atoms with E-state index in [4.69, 9.17) is 0 Å². The first-order valence-electron chi connectivity index (χ1n) is 9.07. The fourth-order valence-electron chi connectivity index (χ4n) is 3.20. The summed E-state index contributed by atoms with van der Waals surface area (Å²) in [6.45, 7) is 3.59. The van der Waals surface area contributed by atoms with Crippen molar-refractivity contribution in [3.63, 3.8) is 0 Å². The second-order valence-electron chi connectivity index (χ2n) is 6.44. The molecular weight excluding hydrogens is 340 g/mol. The number of nitrogens with one attached hydrogen (secondary N) is 1. The van der Waals surface area contributed by atoms with Gasteiger partial charge in [0, 0.05) is 57.0 Å². The summed E-state index contributed by atoms with van der Waals surface area (Å²) in [4.78, 5) is 21.0. The minimum atomic E-state index is -0.0276. The van der Waals surface area contributed by atoms with E-state index < -0.39 is 0 Å². The lowest BCUT2D eigenvalue weighted by molar-refractivity contribution is 0.194. The molecule has 27 heavy (non-hydrogen) atoms. The van der Waals surface area contributed by atoms with Crippen molar-refractivity contribution < 1.29 is 4.79 Å². The average Bonchev–Trinajstić information content (AvgIpc) is 3.28. The van der Waals surface area contributed by atoms with Crippen molar-refractivity contribution in [1.82, 2.24) is 25.0 Å². The zero-order chi connectivity index (χ0) is 18.5. The van der Waals surface area contributed by atoms with Crippen LogP contribution in [0.1, 0.15) is 5.56 Å². The van der Waals surface area contributed by atoms with Gasteiger partial charge in [0.15, 0.2) is 5.82 Å². The van der Waals surface area contributed by atoms with Crippen molar-refractivity contribution in [3.8, 4) is 5.82 Å². The summed E-state index contributed by atoms with van der Waals surface area (Å²) in [5.41, 5.74) is 2.20. The van der Waals surface area contributed by atoms with E-state index in [0.29, 0.717) is 6.54 Å². The van der Waals surface area contributed by atoms with E-state index in [1.54, 1.807) is 17.1 Å². The smallest absolute Gasteiger partial charge is 0.317 e. The van der Waals surface area contributed by atoms with Crippen LogP contribution in [0.25, 0.3) is 5.82 Å². The normalized spacial score (nSPS) is 14.2. The molecule has 0 aliphatic carbocycles. The lowest BCUT2D eigenvalue weighted by Gasteiger charge is -2.36. The van der Waals surface area contributed by atoms with Crippen LogP contribution in [0.5, 0.6) is 0 Å². The van der Waals surface area contributed by atoms with Crippen molar-refractivity contribution in [2.75, 3.05) is 31.1 Å². The standard InChI is InChI=1S/C20H22N6O/c27-20(25-13-11-24(12-14-25)18-5-2-1-3-6-18)22-16-17-7-9-21-19(15-17)26-10-4-8-23-26/h1-10,15H,11-14,16H2,(H,22,27). The summed E-state index contributed by atoms with van der Waals surface area (Å²) in [5, 5.41) is 7.19. The fourth-order valence-corrected chi connectivity index (χ4v) is 3.20. The molecule has 2 aromatic heterocycles. The third-order valence-corrected chi connectivity index (χ3v) is 4.68. The molecular formula is C20H22N6O. The molecule has 3 aromatic rings. The molecule has 2 amide bonds. The number of nitrogens with zero attached hydrogens (tertiary/aromatic N) is 5. The number of carbonyl (C=O) groups excluding carboxylic acids is 1. The maximum Gasteiger partial charge on any atom is 0.317 e. The molecule has 0 bridgehead atoms. The first-order chi connectivity index (χ1) is 13.3. The number of hydrogen-bond donors (Lipinski definition) is 1. The van der Waals surface area contributed by atoms with E-state index in [-0.39, 0.29) is 6.03 Å². The van der Waals surface area contributed by atoms with Crippen molar-refractivity contribution in [2.45, 2.75) is 6.54 Å². The van der Waals surface area contributed by atoms with Crippen LogP contribution < -0.4 is 10.2 Å². The van der Waals surface area contributed by atoms with Gasteiger partial charge in [0.25, 0.3) is 0 Å². The van der Waals surface area contributed by atoms with E-state index >= 15 is 0 Å². The van der Waals surface area contributed by atoms with Gasteiger partial charge in [-0.3, -0.25) is 0 Å². The van der Waals surface area contributed by atoms with Gasteiger partial charge in [-0.1, -0.05) is 18.2 Å². The number of aromatic nitrogens is 3. The molecule has 4 rings (SSSR count). The van der Waals surface area contributed by atoms with Crippen LogP contribution in [-0.4, -0.2) is 51.9 Å². The number of amides is 2. The number of carbonyl (C=O) groups is 1. The van der Waals surface area contributed by atoms with Crippen LogP contribution in [0.15, 0.2) is 67.1 Å². The van der Waals surface area contributed by atoms with Crippen LogP contribution in [-0.2, 0) is 6.54 Å². The van der Waals surface area contributed by atoms with Gasteiger partial charge in [-0.15, -0.1) is 0 Å². The highest BCUT2D eigenvalue weighted by Gasteiger charge is 2.20.